The molecule has 3 aromatic rings. The first-order valence-electron chi connectivity index (χ1n) is 9.80. The van der Waals surface area contributed by atoms with Crippen molar-refractivity contribution in [1.29, 1.82) is 0 Å². The van der Waals surface area contributed by atoms with Gasteiger partial charge in [0.2, 0.25) is 0 Å². The third kappa shape index (κ3) is 3.53. The molecular formula is C22H21N5O3. The number of rotatable bonds is 0. The van der Waals surface area contributed by atoms with Crippen molar-refractivity contribution in [3.63, 3.8) is 0 Å². The number of aromatic nitrogens is 2. The summed E-state index contributed by atoms with van der Waals surface area (Å²) in [6.07, 6.45) is 1.46. The summed E-state index contributed by atoms with van der Waals surface area (Å²) in [4.78, 5) is 23.9. The van der Waals surface area contributed by atoms with Gasteiger partial charge in [-0.1, -0.05) is 24.3 Å². The van der Waals surface area contributed by atoms with Gasteiger partial charge in [0.05, 0.1) is 29.9 Å². The topological polar surface area (TPSA) is 103 Å². The summed E-state index contributed by atoms with van der Waals surface area (Å²) < 4.78 is 11.9. The summed E-state index contributed by atoms with van der Waals surface area (Å²) in [5, 5.41) is 2.95. The van der Waals surface area contributed by atoms with E-state index in [-0.39, 0.29) is 17.6 Å². The van der Waals surface area contributed by atoms with Gasteiger partial charge in [0, 0.05) is 18.7 Å². The largest absolute Gasteiger partial charge is 0.491 e. The summed E-state index contributed by atoms with van der Waals surface area (Å²) in [6, 6.07) is 15.2. The Kier molecular flexibility index (Phi) is 4.68. The number of ether oxygens (including phenoxy) is 2. The second-order valence-corrected chi connectivity index (χ2v) is 7.24. The molecular weight excluding hydrogens is 382 g/mol. The molecule has 1 fully saturated rings. The van der Waals surface area contributed by atoms with E-state index in [1.54, 1.807) is 6.20 Å². The predicted octanol–water partition coefficient (Wildman–Crippen LogP) is 2.58. The highest BCUT2D eigenvalue weighted by Gasteiger charge is 2.24. The van der Waals surface area contributed by atoms with Gasteiger partial charge in [-0.25, -0.2) is 9.97 Å². The molecule has 1 saturated heterocycles. The normalized spacial score (nSPS) is 18.3. The molecule has 3 N–H and O–H groups in total. The Morgan fingerprint density at radius 2 is 2.07 bits per heavy atom. The van der Waals surface area contributed by atoms with Crippen molar-refractivity contribution in [2.45, 2.75) is 6.10 Å². The first-order valence-corrected chi connectivity index (χ1v) is 9.80. The quantitative estimate of drug-likeness (QED) is 0.595. The fourth-order valence-electron chi connectivity index (χ4n) is 3.71. The van der Waals surface area contributed by atoms with E-state index in [2.05, 4.69) is 20.2 Å². The van der Waals surface area contributed by atoms with Crippen LogP contribution in [0.5, 0.6) is 5.75 Å². The second-order valence-electron chi connectivity index (χ2n) is 7.24. The van der Waals surface area contributed by atoms with Crippen molar-refractivity contribution in [3.8, 4) is 17.0 Å². The molecule has 0 spiro atoms. The molecule has 5 rings (SSSR count). The summed E-state index contributed by atoms with van der Waals surface area (Å²) in [6.45, 7) is 2.38. The van der Waals surface area contributed by atoms with Gasteiger partial charge >= 0.3 is 0 Å². The summed E-state index contributed by atoms with van der Waals surface area (Å²) in [5.41, 5.74) is 9.00. The molecule has 2 aliphatic rings. The lowest BCUT2D eigenvalue weighted by atomic mass is 10.1. The zero-order chi connectivity index (χ0) is 20.5. The SMILES string of the molecule is Nc1ncc2nc1C(=O)Nc1ccccc1N1CCOC(COc3cccc-2c3)C1. The molecule has 3 heterocycles. The fraction of sp³-hybridized carbons (Fsp3) is 0.227. The number of carbonyl (C=O) groups excluding carboxylic acids is 1. The molecule has 152 valence electrons. The Labute approximate surface area is 173 Å². The Hall–Kier alpha value is -3.65. The molecule has 1 aromatic heterocycles. The summed E-state index contributed by atoms with van der Waals surface area (Å²) >= 11 is 0. The number of nitrogens with two attached hydrogens (primary N) is 1. The molecule has 1 atom stereocenters. The number of para-hydroxylation sites is 2. The lowest BCUT2D eigenvalue weighted by Crippen LogP contribution is -2.45. The smallest absolute Gasteiger partial charge is 0.278 e. The van der Waals surface area contributed by atoms with Crippen LogP contribution in [0.15, 0.2) is 54.7 Å². The maximum Gasteiger partial charge on any atom is 0.278 e. The van der Waals surface area contributed by atoms with Gasteiger partial charge in [-0.2, -0.15) is 0 Å². The minimum absolute atomic E-state index is 0.0805. The molecule has 0 saturated carbocycles. The van der Waals surface area contributed by atoms with E-state index in [1.165, 1.54) is 0 Å². The number of nitrogens with one attached hydrogen (secondary N) is 1. The zero-order valence-electron chi connectivity index (χ0n) is 16.2. The number of anilines is 3. The molecule has 2 aromatic carbocycles. The number of hydrogen-bond acceptors (Lipinski definition) is 7. The van der Waals surface area contributed by atoms with E-state index in [1.807, 2.05) is 48.5 Å². The van der Waals surface area contributed by atoms with E-state index in [4.69, 9.17) is 15.2 Å². The number of benzene rings is 2. The standard InChI is InChI=1S/C22H21N5O3/c23-21-20-22(28)26-17-6-1-2-7-19(17)27-8-9-29-16(12-27)13-30-15-5-3-4-14(10-15)18(25-20)11-24-21/h1-7,10-11,16H,8-9,12-13H2,(H2,23,24)(H,26,28). The van der Waals surface area contributed by atoms with E-state index < -0.39 is 5.91 Å². The molecule has 8 heteroatoms. The average molecular weight is 403 g/mol. The summed E-state index contributed by atoms with van der Waals surface area (Å²) in [7, 11) is 0. The van der Waals surface area contributed by atoms with Gasteiger partial charge in [-0.15, -0.1) is 0 Å². The molecule has 1 unspecified atom stereocenters. The first-order chi connectivity index (χ1) is 14.7. The molecule has 0 radical (unpaired) electrons. The fourth-order valence-corrected chi connectivity index (χ4v) is 3.71. The van der Waals surface area contributed by atoms with E-state index >= 15 is 0 Å². The summed E-state index contributed by atoms with van der Waals surface area (Å²) in [5.74, 6) is 0.381. The van der Waals surface area contributed by atoms with Crippen LogP contribution in [0, 0.1) is 0 Å². The van der Waals surface area contributed by atoms with Crippen molar-refractivity contribution in [2.24, 2.45) is 0 Å². The number of morpholine rings is 1. The van der Waals surface area contributed by atoms with Gasteiger partial charge < -0.3 is 25.4 Å². The van der Waals surface area contributed by atoms with E-state index in [9.17, 15) is 4.79 Å². The zero-order valence-corrected chi connectivity index (χ0v) is 16.2. The minimum Gasteiger partial charge on any atom is -0.491 e. The van der Waals surface area contributed by atoms with Crippen molar-refractivity contribution in [3.05, 3.63) is 60.4 Å². The monoisotopic (exact) mass is 403 g/mol. The average Bonchev–Trinajstić information content (AvgIpc) is 2.78. The van der Waals surface area contributed by atoms with Crippen LogP contribution in [0.25, 0.3) is 11.3 Å². The third-order valence-electron chi connectivity index (χ3n) is 5.21. The predicted molar refractivity (Wildman–Crippen MR) is 114 cm³/mol. The molecule has 6 bridgehead atoms. The van der Waals surface area contributed by atoms with Crippen LogP contribution in [0.2, 0.25) is 0 Å². The lowest BCUT2D eigenvalue weighted by Gasteiger charge is -2.35. The van der Waals surface area contributed by atoms with Gasteiger partial charge in [0.15, 0.2) is 11.5 Å². The molecule has 30 heavy (non-hydrogen) atoms. The van der Waals surface area contributed by atoms with Crippen molar-refractivity contribution in [2.75, 3.05) is 42.3 Å². The number of amides is 1. The maximum atomic E-state index is 13.0. The van der Waals surface area contributed by atoms with E-state index in [0.29, 0.717) is 36.9 Å². The Bertz CT molecular complexity index is 1100. The highest BCUT2D eigenvalue weighted by atomic mass is 16.5. The van der Waals surface area contributed by atoms with E-state index in [0.717, 1.165) is 17.8 Å². The maximum absolute atomic E-state index is 13.0. The van der Waals surface area contributed by atoms with Crippen molar-refractivity contribution < 1.29 is 14.3 Å². The molecule has 1 amide bonds. The Balaban J connectivity index is 1.61. The number of fused-ring (bicyclic) bond motifs is 9. The van der Waals surface area contributed by atoms with Crippen LogP contribution in [0.4, 0.5) is 17.2 Å². The van der Waals surface area contributed by atoms with Crippen LogP contribution >= 0.6 is 0 Å². The van der Waals surface area contributed by atoms with Gasteiger partial charge in [0.1, 0.15) is 18.5 Å². The van der Waals surface area contributed by atoms with Crippen LogP contribution < -0.4 is 20.7 Å². The minimum atomic E-state index is -0.401. The van der Waals surface area contributed by atoms with Gasteiger partial charge in [-0.05, 0) is 24.3 Å². The van der Waals surface area contributed by atoms with Crippen LogP contribution in [-0.4, -0.2) is 48.3 Å². The lowest BCUT2D eigenvalue weighted by molar-refractivity contribution is 0.0103. The highest BCUT2D eigenvalue weighted by molar-refractivity contribution is 6.07. The van der Waals surface area contributed by atoms with Gasteiger partial charge in [-0.3, -0.25) is 4.79 Å². The molecule has 8 nitrogen and oxygen atoms in total. The number of carbonyl (C=O) groups is 1. The molecule has 2 aliphatic heterocycles. The third-order valence-corrected chi connectivity index (χ3v) is 5.21. The van der Waals surface area contributed by atoms with Crippen molar-refractivity contribution >= 4 is 23.1 Å². The van der Waals surface area contributed by atoms with Gasteiger partial charge in [0.25, 0.3) is 5.91 Å². The first kappa shape index (κ1) is 18.4. The van der Waals surface area contributed by atoms with Crippen LogP contribution in [0.1, 0.15) is 10.5 Å². The Morgan fingerprint density at radius 3 is 3.00 bits per heavy atom. The van der Waals surface area contributed by atoms with Crippen molar-refractivity contribution in [1.82, 2.24) is 9.97 Å². The number of nitrogens with zero attached hydrogens (tertiary/aromatic N) is 3. The van der Waals surface area contributed by atoms with Crippen LogP contribution in [0.3, 0.4) is 0 Å². The number of nitrogen functional groups attached to an aromatic ring is 1. The second kappa shape index (κ2) is 7.64. The highest BCUT2D eigenvalue weighted by Crippen LogP contribution is 2.29. The molecule has 0 aliphatic carbocycles. The Morgan fingerprint density at radius 1 is 1.17 bits per heavy atom. The number of hydrogen-bond donors (Lipinski definition) is 2. The van der Waals surface area contributed by atoms with Crippen LogP contribution in [-0.2, 0) is 4.74 Å².